The lowest BCUT2D eigenvalue weighted by Crippen LogP contribution is -2.26. The Labute approximate surface area is 153 Å². The maximum absolute atomic E-state index is 11.3. The molecule has 1 aliphatic rings. The van der Waals surface area contributed by atoms with Gasteiger partial charge in [-0.1, -0.05) is 55.0 Å². The summed E-state index contributed by atoms with van der Waals surface area (Å²) in [4.78, 5) is 27.6. The highest BCUT2D eigenvalue weighted by atomic mass is 16.7. The second-order valence-corrected chi connectivity index (χ2v) is 6.47. The van der Waals surface area contributed by atoms with Crippen LogP contribution in [0.3, 0.4) is 0 Å². The van der Waals surface area contributed by atoms with Gasteiger partial charge in [0, 0.05) is 18.9 Å². The summed E-state index contributed by atoms with van der Waals surface area (Å²) in [5, 5.41) is 9.97. The number of carbonyl (C=O) groups is 2. The Morgan fingerprint density at radius 1 is 1.00 bits per heavy atom. The molecule has 0 spiro atoms. The van der Waals surface area contributed by atoms with Crippen LogP contribution in [0.5, 0.6) is 0 Å². The number of carboxylic acids is 1. The van der Waals surface area contributed by atoms with Crippen LogP contribution in [0.4, 0.5) is 0 Å². The molecule has 0 radical (unpaired) electrons. The molecule has 1 N–H and O–H groups in total. The molecule has 5 nitrogen and oxygen atoms in total. The molecule has 26 heavy (non-hydrogen) atoms. The zero-order valence-electron chi connectivity index (χ0n) is 14.6. The number of carbonyl (C=O) groups excluding carboxylic acids is 1. The van der Waals surface area contributed by atoms with Crippen molar-refractivity contribution in [2.75, 3.05) is 13.2 Å². The highest BCUT2D eigenvalue weighted by Crippen LogP contribution is 2.44. The molecule has 2 aromatic rings. The minimum absolute atomic E-state index is 0.108. The normalized spacial score (nSPS) is 12.5. The second kappa shape index (κ2) is 8.63. The molecular formula is C21H23NO4. The van der Waals surface area contributed by atoms with Gasteiger partial charge in [0.15, 0.2) is 0 Å². The first-order valence-electron chi connectivity index (χ1n) is 8.95. The predicted octanol–water partition coefficient (Wildman–Crippen LogP) is 3.83. The predicted molar refractivity (Wildman–Crippen MR) is 98.5 cm³/mol. The molecule has 0 aromatic heterocycles. The minimum atomic E-state index is -0.785. The van der Waals surface area contributed by atoms with Crippen LogP contribution in [0, 0.1) is 0 Å². The summed E-state index contributed by atoms with van der Waals surface area (Å²) in [7, 11) is 0. The fourth-order valence-electron chi connectivity index (χ4n) is 3.48. The summed E-state index contributed by atoms with van der Waals surface area (Å²) in [6, 6.07) is 16.6. The molecule has 0 bridgehead atoms. The number of aliphatic carboxylic acids is 1. The van der Waals surface area contributed by atoms with Crippen molar-refractivity contribution in [2.24, 2.45) is 0 Å². The van der Waals surface area contributed by atoms with E-state index in [0.717, 1.165) is 12.8 Å². The molecule has 5 heteroatoms. The van der Waals surface area contributed by atoms with E-state index in [1.165, 1.54) is 27.3 Å². The molecular weight excluding hydrogens is 330 g/mol. The lowest BCUT2D eigenvalue weighted by atomic mass is 9.98. The van der Waals surface area contributed by atoms with Crippen molar-refractivity contribution >= 4 is 12.4 Å². The second-order valence-electron chi connectivity index (χ2n) is 6.47. The topological polar surface area (TPSA) is 66.8 Å². The number of benzene rings is 2. The molecule has 0 aliphatic heterocycles. The van der Waals surface area contributed by atoms with Gasteiger partial charge in [0.05, 0.1) is 6.61 Å². The highest BCUT2D eigenvalue weighted by Gasteiger charge is 2.28. The number of carboxylic acid groups (broad SMARTS) is 1. The van der Waals surface area contributed by atoms with Crippen LogP contribution in [0.15, 0.2) is 48.5 Å². The van der Waals surface area contributed by atoms with Crippen molar-refractivity contribution in [3.05, 3.63) is 59.7 Å². The lowest BCUT2D eigenvalue weighted by Gasteiger charge is -2.20. The SMILES string of the molecule is O=CN(CCCCCC(=O)O)OCC1c2ccccc2-c2ccccc21. The first-order valence-corrected chi connectivity index (χ1v) is 8.95. The van der Waals surface area contributed by atoms with Gasteiger partial charge in [-0.3, -0.25) is 14.4 Å². The molecule has 136 valence electrons. The summed E-state index contributed by atoms with van der Waals surface area (Å²) in [6.45, 7) is 0.876. The molecule has 3 rings (SSSR count). The first-order chi connectivity index (χ1) is 12.7. The number of amides is 1. The average Bonchev–Trinajstić information content (AvgIpc) is 2.98. The Morgan fingerprint density at radius 2 is 1.62 bits per heavy atom. The third-order valence-electron chi connectivity index (χ3n) is 4.76. The van der Waals surface area contributed by atoms with Gasteiger partial charge in [0.1, 0.15) is 0 Å². The fourth-order valence-corrected chi connectivity index (χ4v) is 3.48. The molecule has 0 fully saturated rings. The van der Waals surface area contributed by atoms with E-state index in [0.29, 0.717) is 26.0 Å². The van der Waals surface area contributed by atoms with Crippen molar-refractivity contribution in [1.82, 2.24) is 5.06 Å². The smallest absolute Gasteiger partial charge is 0.303 e. The zero-order chi connectivity index (χ0) is 18.4. The Balaban J connectivity index is 1.58. The summed E-state index contributed by atoms with van der Waals surface area (Å²) >= 11 is 0. The quantitative estimate of drug-likeness (QED) is 0.400. The van der Waals surface area contributed by atoms with E-state index in [1.54, 1.807) is 0 Å². The van der Waals surface area contributed by atoms with Gasteiger partial charge in [-0.2, -0.15) is 0 Å². The van der Waals surface area contributed by atoms with Crippen LogP contribution in [-0.2, 0) is 14.4 Å². The van der Waals surface area contributed by atoms with Crippen molar-refractivity contribution in [1.29, 1.82) is 0 Å². The third kappa shape index (κ3) is 4.11. The fraction of sp³-hybridized carbons (Fsp3) is 0.333. The van der Waals surface area contributed by atoms with E-state index in [9.17, 15) is 9.59 Å². The van der Waals surface area contributed by atoms with E-state index < -0.39 is 5.97 Å². The lowest BCUT2D eigenvalue weighted by molar-refractivity contribution is -0.173. The number of rotatable bonds is 10. The van der Waals surface area contributed by atoms with Crippen molar-refractivity contribution in [3.8, 4) is 11.1 Å². The molecule has 0 atom stereocenters. The summed E-state index contributed by atoms with van der Waals surface area (Å²) in [5.74, 6) is -0.677. The monoisotopic (exact) mass is 353 g/mol. The third-order valence-corrected chi connectivity index (χ3v) is 4.76. The number of unbranched alkanes of at least 4 members (excludes halogenated alkanes) is 2. The van der Waals surface area contributed by atoms with Crippen molar-refractivity contribution in [3.63, 3.8) is 0 Å². The van der Waals surface area contributed by atoms with Crippen LogP contribution < -0.4 is 0 Å². The molecule has 2 aromatic carbocycles. The van der Waals surface area contributed by atoms with Crippen molar-refractivity contribution in [2.45, 2.75) is 31.6 Å². The maximum atomic E-state index is 11.3. The average molecular weight is 353 g/mol. The minimum Gasteiger partial charge on any atom is -0.481 e. The van der Waals surface area contributed by atoms with E-state index in [1.807, 2.05) is 24.3 Å². The van der Waals surface area contributed by atoms with Gasteiger partial charge in [-0.15, -0.1) is 0 Å². The summed E-state index contributed by atoms with van der Waals surface area (Å²) < 4.78 is 0. The first kappa shape index (κ1) is 18.1. The number of hydroxylamine groups is 2. The summed E-state index contributed by atoms with van der Waals surface area (Å²) in [6.07, 6.45) is 2.96. The zero-order valence-corrected chi connectivity index (χ0v) is 14.6. The van der Waals surface area contributed by atoms with Gasteiger partial charge >= 0.3 is 5.97 Å². The van der Waals surface area contributed by atoms with Crippen LogP contribution in [0.2, 0.25) is 0 Å². The summed E-state index contributed by atoms with van der Waals surface area (Å²) in [5.41, 5.74) is 4.90. The maximum Gasteiger partial charge on any atom is 0.303 e. The van der Waals surface area contributed by atoms with Gasteiger partial charge < -0.3 is 5.11 Å². The van der Waals surface area contributed by atoms with E-state index >= 15 is 0 Å². The van der Waals surface area contributed by atoms with Gasteiger partial charge in [0.2, 0.25) is 6.41 Å². The molecule has 1 aliphatic carbocycles. The number of hydrogen-bond donors (Lipinski definition) is 1. The number of nitrogens with zero attached hydrogens (tertiary/aromatic N) is 1. The van der Waals surface area contributed by atoms with Crippen LogP contribution in [-0.4, -0.2) is 35.7 Å². The Morgan fingerprint density at radius 3 is 2.19 bits per heavy atom. The van der Waals surface area contributed by atoms with E-state index in [4.69, 9.17) is 9.94 Å². The van der Waals surface area contributed by atoms with Gasteiger partial charge in [0.25, 0.3) is 0 Å². The molecule has 0 saturated heterocycles. The Bertz CT molecular complexity index is 729. The van der Waals surface area contributed by atoms with Gasteiger partial charge in [-0.25, -0.2) is 5.06 Å². The van der Waals surface area contributed by atoms with E-state index in [2.05, 4.69) is 24.3 Å². The highest BCUT2D eigenvalue weighted by molar-refractivity contribution is 5.78. The van der Waals surface area contributed by atoms with Gasteiger partial charge in [-0.05, 0) is 35.1 Å². The van der Waals surface area contributed by atoms with Crippen LogP contribution >= 0.6 is 0 Å². The molecule has 0 unspecified atom stereocenters. The Kier molecular flexibility index (Phi) is 6.02. The van der Waals surface area contributed by atoms with Crippen molar-refractivity contribution < 1.29 is 19.5 Å². The molecule has 0 saturated carbocycles. The van der Waals surface area contributed by atoms with Crippen LogP contribution in [0.25, 0.3) is 11.1 Å². The number of hydrogen-bond acceptors (Lipinski definition) is 3. The Hall–Kier alpha value is -2.66. The molecule has 0 heterocycles. The molecule has 1 amide bonds. The standard InChI is InChI=1S/C21H23NO4/c23-15-22(13-7-1-2-12-21(24)25)26-14-20-18-10-5-3-8-16(18)17-9-4-6-11-19(17)20/h3-6,8-11,15,20H,1-2,7,12-14H2,(H,24,25). The van der Waals surface area contributed by atoms with E-state index in [-0.39, 0.29) is 12.3 Å². The largest absolute Gasteiger partial charge is 0.481 e. The number of fused-ring (bicyclic) bond motifs is 3. The van der Waals surface area contributed by atoms with Crippen LogP contribution in [0.1, 0.15) is 42.7 Å².